The van der Waals surface area contributed by atoms with E-state index in [0.29, 0.717) is 6.54 Å². The molecule has 1 saturated heterocycles. The lowest BCUT2D eigenvalue weighted by molar-refractivity contribution is -0.677. The van der Waals surface area contributed by atoms with Gasteiger partial charge in [-0.25, -0.2) is 9.13 Å². The first-order valence-electron chi connectivity index (χ1n) is 5.55. The molecule has 16 heavy (non-hydrogen) atoms. The van der Waals surface area contributed by atoms with Crippen molar-refractivity contribution in [3.8, 4) is 0 Å². The van der Waals surface area contributed by atoms with E-state index < -0.39 is 0 Å². The van der Waals surface area contributed by atoms with Crippen molar-refractivity contribution >= 4 is 17.7 Å². The summed E-state index contributed by atoms with van der Waals surface area (Å²) in [4.78, 5) is 14.0. The van der Waals surface area contributed by atoms with Crippen molar-refractivity contribution in [3.05, 3.63) is 18.2 Å². The second-order valence-corrected chi connectivity index (χ2v) is 5.30. The van der Waals surface area contributed by atoms with Gasteiger partial charge >= 0.3 is 0 Å². The van der Waals surface area contributed by atoms with Crippen LogP contribution in [0.1, 0.15) is 5.82 Å². The maximum absolute atomic E-state index is 12.0. The number of nitrogens with zero attached hydrogens (tertiary/aromatic N) is 3. The molecule has 88 valence electrons. The number of aromatic nitrogens is 2. The van der Waals surface area contributed by atoms with Crippen LogP contribution in [0.5, 0.6) is 0 Å². The van der Waals surface area contributed by atoms with Crippen LogP contribution >= 0.6 is 11.8 Å². The van der Waals surface area contributed by atoms with Crippen LogP contribution in [0.15, 0.2) is 12.4 Å². The molecule has 0 bridgehead atoms. The second-order valence-electron chi connectivity index (χ2n) is 4.08. The van der Waals surface area contributed by atoms with Crippen molar-refractivity contribution in [1.29, 1.82) is 0 Å². The SMILES string of the molecule is Cc1n(CC(=O)N2CCSCC2)cc[n+]1C. The molecule has 0 radical (unpaired) electrons. The second kappa shape index (κ2) is 4.91. The Kier molecular flexibility index (Phi) is 3.53. The molecule has 5 heteroatoms. The molecule has 0 N–H and O–H groups in total. The molecule has 0 aromatic carbocycles. The monoisotopic (exact) mass is 240 g/mol. The Hall–Kier alpha value is -0.970. The van der Waals surface area contributed by atoms with Crippen LogP contribution < -0.4 is 4.57 Å². The Labute approximate surface area is 100 Å². The fourth-order valence-corrected chi connectivity index (χ4v) is 2.73. The number of rotatable bonds is 2. The zero-order valence-electron chi connectivity index (χ0n) is 9.85. The van der Waals surface area contributed by atoms with Crippen LogP contribution in [-0.2, 0) is 18.4 Å². The van der Waals surface area contributed by atoms with Gasteiger partial charge in [-0.1, -0.05) is 0 Å². The largest absolute Gasteiger partial charge is 0.338 e. The molecule has 1 aromatic heterocycles. The molecule has 1 aliphatic rings. The minimum Gasteiger partial charge on any atom is -0.338 e. The number of carbonyl (C=O) groups is 1. The summed E-state index contributed by atoms with van der Waals surface area (Å²) in [5, 5.41) is 0. The lowest BCUT2D eigenvalue weighted by atomic mass is 10.4. The van der Waals surface area contributed by atoms with Crippen molar-refractivity contribution in [2.45, 2.75) is 13.5 Å². The first-order chi connectivity index (χ1) is 7.68. The first kappa shape index (κ1) is 11.5. The number of imidazole rings is 1. The third kappa shape index (κ3) is 2.40. The van der Waals surface area contributed by atoms with E-state index in [1.807, 2.05) is 52.2 Å². The maximum atomic E-state index is 12.0. The first-order valence-corrected chi connectivity index (χ1v) is 6.71. The van der Waals surface area contributed by atoms with Gasteiger partial charge in [-0.3, -0.25) is 4.79 Å². The van der Waals surface area contributed by atoms with Crippen molar-refractivity contribution in [2.75, 3.05) is 24.6 Å². The van der Waals surface area contributed by atoms with Gasteiger partial charge in [0.25, 0.3) is 11.7 Å². The van der Waals surface area contributed by atoms with Gasteiger partial charge in [0, 0.05) is 31.5 Å². The number of thioether (sulfide) groups is 1. The van der Waals surface area contributed by atoms with Crippen molar-refractivity contribution in [2.24, 2.45) is 7.05 Å². The summed E-state index contributed by atoms with van der Waals surface area (Å²) in [5.74, 6) is 3.49. The summed E-state index contributed by atoms with van der Waals surface area (Å²) in [6, 6.07) is 0. The highest BCUT2D eigenvalue weighted by molar-refractivity contribution is 7.99. The summed E-state index contributed by atoms with van der Waals surface area (Å²) >= 11 is 1.92. The summed E-state index contributed by atoms with van der Waals surface area (Å²) in [7, 11) is 1.99. The van der Waals surface area contributed by atoms with Gasteiger partial charge in [0.1, 0.15) is 12.4 Å². The summed E-state index contributed by atoms with van der Waals surface area (Å²) in [5.41, 5.74) is 0. The van der Waals surface area contributed by atoms with Crippen LogP contribution in [0.2, 0.25) is 0 Å². The third-order valence-corrected chi connectivity index (χ3v) is 4.01. The highest BCUT2D eigenvalue weighted by atomic mass is 32.2. The molecule has 0 unspecified atom stereocenters. The van der Waals surface area contributed by atoms with Crippen LogP contribution in [0, 0.1) is 6.92 Å². The van der Waals surface area contributed by atoms with E-state index in [2.05, 4.69) is 0 Å². The molecular weight excluding hydrogens is 222 g/mol. The predicted octanol–water partition coefficient (Wildman–Crippen LogP) is 0.196. The number of carbonyl (C=O) groups excluding carboxylic acids is 1. The van der Waals surface area contributed by atoms with Gasteiger partial charge in [0.05, 0.1) is 7.05 Å². The number of amides is 1. The Balaban J connectivity index is 1.98. The highest BCUT2D eigenvalue weighted by Gasteiger charge is 2.20. The van der Waals surface area contributed by atoms with Crippen LogP contribution in [0.3, 0.4) is 0 Å². The van der Waals surface area contributed by atoms with Gasteiger partial charge in [0.15, 0.2) is 6.54 Å². The maximum Gasteiger partial charge on any atom is 0.264 e. The molecule has 2 heterocycles. The zero-order chi connectivity index (χ0) is 11.5. The standard InChI is InChI=1S/C11H18N3OS/c1-10-12(2)3-4-14(10)9-11(15)13-5-7-16-8-6-13/h3-4H,5-9H2,1-2H3/q+1. The Bertz CT molecular complexity index is 383. The minimum atomic E-state index is 0.236. The van der Waals surface area contributed by atoms with Gasteiger partial charge in [0.2, 0.25) is 0 Å². The van der Waals surface area contributed by atoms with Crippen molar-refractivity contribution in [3.63, 3.8) is 0 Å². The van der Waals surface area contributed by atoms with Crippen molar-refractivity contribution in [1.82, 2.24) is 9.47 Å². The lowest BCUT2D eigenvalue weighted by Crippen LogP contribution is -2.40. The zero-order valence-corrected chi connectivity index (χ0v) is 10.7. The van der Waals surface area contributed by atoms with Gasteiger partial charge < -0.3 is 4.90 Å². The highest BCUT2D eigenvalue weighted by Crippen LogP contribution is 2.09. The topological polar surface area (TPSA) is 29.1 Å². The fraction of sp³-hybridized carbons (Fsp3) is 0.636. The smallest absolute Gasteiger partial charge is 0.264 e. The molecule has 0 spiro atoms. The normalized spacial score (nSPS) is 16.5. The average Bonchev–Trinajstić information content (AvgIpc) is 2.62. The predicted molar refractivity (Wildman–Crippen MR) is 64.3 cm³/mol. The quantitative estimate of drug-likeness (QED) is 0.691. The molecule has 2 rings (SSSR count). The number of hydrogen-bond acceptors (Lipinski definition) is 2. The molecule has 4 nitrogen and oxygen atoms in total. The fourth-order valence-electron chi connectivity index (χ4n) is 1.82. The molecule has 1 aliphatic heterocycles. The number of hydrogen-bond donors (Lipinski definition) is 0. The van der Waals surface area contributed by atoms with Gasteiger partial charge in [-0.15, -0.1) is 0 Å². The average molecular weight is 240 g/mol. The van der Waals surface area contributed by atoms with Crippen molar-refractivity contribution < 1.29 is 9.36 Å². The lowest BCUT2D eigenvalue weighted by Gasteiger charge is -2.25. The molecule has 0 saturated carbocycles. The van der Waals surface area contributed by atoms with Crippen LogP contribution in [-0.4, -0.2) is 40.0 Å². The molecule has 1 amide bonds. The van der Waals surface area contributed by atoms with Crippen LogP contribution in [0.4, 0.5) is 0 Å². The third-order valence-electron chi connectivity index (χ3n) is 3.07. The molecule has 0 atom stereocenters. The van der Waals surface area contributed by atoms with E-state index in [1.165, 1.54) is 0 Å². The summed E-state index contributed by atoms with van der Waals surface area (Å²) in [6.45, 7) is 4.29. The summed E-state index contributed by atoms with van der Waals surface area (Å²) in [6.07, 6.45) is 3.95. The van der Waals surface area contributed by atoms with E-state index in [-0.39, 0.29) is 5.91 Å². The summed E-state index contributed by atoms with van der Waals surface area (Å²) < 4.78 is 4.03. The van der Waals surface area contributed by atoms with E-state index in [1.54, 1.807) is 0 Å². The van der Waals surface area contributed by atoms with E-state index in [9.17, 15) is 4.79 Å². The van der Waals surface area contributed by atoms with Crippen LogP contribution in [0.25, 0.3) is 0 Å². The van der Waals surface area contributed by atoms with E-state index in [4.69, 9.17) is 0 Å². The minimum absolute atomic E-state index is 0.236. The van der Waals surface area contributed by atoms with E-state index in [0.717, 1.165) is 30.4 Å². The number of aryl methyl sites for hydroxylation is 1. The molecular formula is C11H18N3OS+. The van der Waals surface area contributed by atoms with Gasteiger partial charge in [-0.2, -0.15) is 11.8 Å². The Morgan fingerprint density at radius 2 is 2.19 bits per heavy atom. The molecule has 1 fully saturated rings. The Morgan fingerprint density at radius 3 is 2.75 bits per heavy atom. The molecule has 1 aromatic rings. The van der Waals surface area contributed by atoms with Gasteiger partial charge in [-0.05, 0) is 0 Å². The molecule has 0 aliphatic carbocycles. The Morgan fingerprint density at radius 1 is 1.50 bits per heavy atom. The van der Waals surface area contributed by atoms with E-state index >= 15 is 0 Å².